The van der Waals surface area contributed by atoms with Crippen molar-refractivity contribution in [2.75, 3.05) is 24.1 Å². The monoisotopic (exact) mass is 445 g/mol. The van der Waals surface area contributed by atoms with Crippen LogP contribution in [0.5, 0.6) is 5.75 Å². The van der Waals surface area contributed by atoms with Gasteiger partial charge in [0.1, 0.15) is 11.6 Å². The molecule has 3 aliphatic carbocycles. The lowest BCUT2D eigenvalue weighted by molar-refractivity contribution is -0.141. The van der Waals surface area contributed by atoms with Gasteiger partial charge in [0.05, 0.1) is 16.4 Å². The molecule has 31 heavy (non-hydrogen) atoms. The van der Waals surface area contributed by atoms with Gasteiger partial charge in [-0.05, 0) is 49.6 Å². The number of hydrogen-bond donors (Lipinski definition) is 4. The minimum atomic E-state index is -0.598. The first-order valence-electron chi connectivity index (χ1n) is 9.87. The molecule has 0 saturated heterocycles. The van der Waals surface area contributed by atoms with Crippen LogP contribution in [0.15, 0.2) is 36.4 Å². The third kappa shape index (κ3) is 3.53. The highest BCUT2D eigenvalue weighted by atomic mass is 35.5. The molecular weight excluding hydrogens is 425 g/mol. The van der Waals surface area contributed by atoms with E-state index >= 15 is 0 Å². The molecule has 4 N–H and O–H groups in total. The second-order valence-electron chi connectivity index (χ2n) is 8.49. The summed E-state index contributed by atoms with van der Waals surface area (Å²) < 4.78 is 18.8. The molecule has 3 fully saturated rings. The topological polar surface area (TPSA) is 94.7 Å². The second-order valence-corrected chi connectivity index (χ2v) is 8.89. The van der Waals surface area contributed by atoms with Crippen LogP contribution in [0.25, 0.3) is 0 Å². The molecule has 162 valence electrons. The fourth-order valence-corrected chi connectivity index (χ4v) is 4.81. The molecule has 0 spiro atoms. The number of nitrogens with one attached hydrogen (secondary N) is 4. The van der Waals surface area contributed by atoms with Crippen molar-refractivity contribution in [3.8, 4) is 5.75 Å². The van der Waals surface area contributed by atoms with E-state index in [9.17, 15) is 14.0 Å². The zero-order valence-corrected chi connectivity index (χ0v) is 17.5. The summed E-state index contributed by atoms with van der Waals surface area (Å²) in [6.07, 6.45) is 2.04. The number of anilines is 2. The third-order valence-electron chi connectivity index (χ3n) is 6.05. The highest BCUT2D eigenvalue weighted by Crippen LogP contribution is 2.60. The molecule has 1 heterocycles. The lowest BCUT2D eigenvalue weighted by Crippen LogP contribution is -2.84. The Balaban J connectivity index is 1.11. The maximum Gasteiger partial charge on any atom is 0.258 e. The van der Waals surface area contributed by atoms with E-state index in [2.05, 4.69) is 21.6 Å². The number of hydrogen-bond acceptors (Lipinski definition) is 6. The molecule has 2 aromatic carbocycles. The summed E-state index contributed by atoms with van der Waals surface area (Å²) in [6, 6.07) is 9.51. The van der Waals surface area contributed by atoms with E-state index in [0.29, 0.717) is 24.8 Å². The molecule has 1 aliphatic heterocycles. The number of nitrogens with zero attached hydrogens (tertiary/aromatic N) is 1. The van der Waals surface area contributed by atoms with E-state index in [4.69, 9.17) is 16.3 Å². The summed E-state index contributed by atoms with van der Waals surface area (Å²) in [5.41, 5.74) is 7.78. The Hall–Kier alpha value is -3.04. The number of benzene rings is 2. The van der Waals surface area contributed by atoms with Crippen LogP contribution in [0, 0.1) is 5.82 Å². The molecule has 3 saturated carbocycles. The normalized spacial score (nSPS) is 24.9. The van der Waals surface area contributed by atoms with Crippen LogP contribution in [0.1, 0.15) is 29.6 Å². The Morgan fingerprint density at radius 2 is 1.90 bits per heavy atom. The van der Waals surface area contributed by atoms with E-state index < -0.39 is 5.82 Å². The number of hydrazine groups is 2. The van der Waals surface area contributed by atoms with Gasteiger partial charge in [-0.25, -0.2) is 4.39 Å². The summed E-state index contributed by atoms with van der Waals surface area (Å²) in [6.45, 7) is -0.215. The number of carbonyl (C=O) groups is 2. The smallest absolute Gasteiger partial charge is 0.258 e. The van der Waals surface area contributed by atoms with Crippen molar-refractivity contribution in [1.82, 2.24) is 16.2 Å². The number of ether oxygens (including phenoxy) is 1. The Bertz CT molecular complexity index is 1070. The Kier molecular flexibility index (Phi) is 4.49. The van der Waals surface area contributed by atoms with Crippen molar-refractivity contribution in [3.63, 3.8) is 0 Å². The minimum Gasteiger partial charge on any atom is -0.484 e. The first kappa shape index (κ1) is 19.9. The fraction of sp³-hybridized carbons (Fsp3) is 0.333. The van der Waals surface area contributed by atoms with Gasteiger partial charge in [-0.2, -0.15) is 0 Å². The highest BCUT2D eigenvalue weighted by molar-refractivity contribution is 6.30. The van der Waals surface area contributed by atoms with E-state index in [1.807, 2.05) is 18.1 Å². The molecule has 2 amide bonds. The maximum atomic E-state index is 13.4. The molecule has 0 unspecified atom stereocenters. The van der Waals surface area contributed by atoms with E-state index in [1.54, 1.807) is 12.1 Å². The molecule has 0 atom stereocenters. The molecular formula is C21H21ClFN5O3. The average molecular weight is 446 g/mol. The maximum absolute atomic E-state index is 13.4. The van der Waals surface area contributed by atoms with Crippen molar-refractivity contribution >= 4 is 34.8 Å². The zero-order valence-electron chi connectivity index (χ0n) is 16.7. The predicted octanol–water partition coefficient (Wildman–Crippen LogP) is 2.36. The first-order chi connectivity index (χ1) is 14.8. The Morgan fingerprint density at radius 1 is 1.16 bits per heavy atom. The molecule has 8 nitrogen and oxygen atoms in total. The highest BCUT2D eigenvalue weighted by Gasteiger charge is 2.69. The van der Waals surface area contributed by atoms with Gasteiger partial charge in [0.2, 0.25) is 0 Å². The predicted molar refractivity (Wildman–Crippen MR) is 113 cm³/mol. The first-order valence-corrected chi connectivity index (χ1v) is 10.3. The zero-order chi connectivity index (χ0) is 21.8. The van der Waals surface area contributed by atoms with Gasteiger partial charge in [-0.15, -0.1) is 5.53 Å². The van der Waals surface area contributed by atoms with Gasteiger partial charge in [0.25, 0.3) is 11.8 Å². The standard InChI is InChI=1S/C21H21ClFN5O3/c1-28-17-5-2-12(6-16(17)26-27-28)19(30)25-21-9-20(10-21,11-21)24-18(29)8-31-13-3-4-14(22)15(23)7-13/h2-7,26-27H,8-11H2,1H3,(H,24,29)(H,25,30). The van der Waals surface area contributed by atoms with Gasteiger partial charge >= 0.3 is 0 Å². The average Bonchev–Trinajstić information content (AvgIpc) is 3.06. The van der Waals surface area contributed by atoms with Gasteiger partial charge in [0, 0.05) is 29.8 Å². The largest absolute Gasteiger partial charge is 0.484 e. The van der Waals surface area contributed by atoms with Crippen LogP contribution in [0.2, 0.25) is 5.02 Å². The van der Waals surface area contributed by atoms with Crippen molar-refractivity contribution < 1.29 is 18.7 Å². The van der Waals surface area contributed by atoms with Gasteiger partial charge in [-0.1, -0.05) is 11.6 Å². The molecule has 0 aromatic heterocycles. The number of amides is 2. The number of halogens is 2. The molecule has 4 aliphatic rings. The van der Waals surface area contributed by atoms with Crippen molar-refractivity contribution in [2.24, 2.45) is 0 Å². The molecule has 0 radical (unpaired) electrons. The van der Waals surface area contributed by atoms with Crippen LogP contribution in [0.3, 0.4) is 0 Å². The molecule has 2 bridgehead atoms. The van der Waals surface area contributed by atoms with E-state index in [1.165, 1.54) is 12.1 Å². The van der Waals surface area contributed by atoms with Crippen molar-refractivity contribution in [1.29, 1.82) is 0 Å². The van der Waals surface area contributed by atoms with Gasteiger partial charge in [-0.3, -0.25) is 14.6 Å². The number of fused-ring (bicyclic) bond motifs is 1. The summed E-state index contributed by atoms with van der Waals surface area (Å²) in [5, 5.41) is 7.91. The summed E-state index contributed by atoms with van der Waals surface area (Å²) >= 11 is 5.63. The molecule has 6 rings (SSSR count). The van der Waals surface area contributed by atoms with Gasteiger partial charge in [0.15, 0.2) is 6.61 Å². The molecule has 2 aromatic rings. The van der Waals surface area contributed by atoms with Crippen molar-refractivity contribution in [2.45, 2.75) is 30.3 Å². The Labute approximate surface area is 183 Å². The number of rotatable bonds is 6. The summed E-state index contributed by atoms with van der Waals surface area (Å²) in [4.78, 5) is 24.9. The van der Waals surface area contributed by atoms with E-state index in [-0.39, 0.29) is 40.3 Å². The summed E-state index contributed by atoms with van der Waals surface area (Å²) in [5.74, 6) is -0.772. The van der Waals surface area contributed by atoms with E-state index in [0.717, 1.165) is 17.4 Å². The van der Waals surface area contributed by atoms with Crippen LogP contribution in [-0.2, 0) is 4.79 Å². The SMILES string of the molecule is CN1NNc2cc(C(=O)NC34CC(NC(=O)COc5ccc(Cl)c(F)c5)(C3)C4)ccc21. The Morgan fingerprint density at radius 3 is 2.65 bits per heavy atom. The minimum absolute atomic E-state index is 0.00170. The van der Waals surface area contributed by atoms with Gasteiger partial charge < -0.3 is 20.8 Å². The van der Waals surface area contributed by atoms with Crippen molar-refractivity contribution in [3.05, 3.63) is 52.8 Å². The van der Waals surface area contributed by atoms with Crippen LogP contribution in [-0.4, -0.2) is 36.5 Å². The second kappa shape index (κ2) is 7.00. The van der Waals surface area contributed by atoms with Crippen LogP contribution >= 0.6 is 11.6 Å². The summed E-state index contributed by atoms with van der Waals surface area (Å²) in [7, 11) is 1.88. The quantitative estimate of drug-likeness (QED) is 0.545. The third-order valence-corrected chi connectivity index (χ3v) is 6.36. The van der Waals surface area contributed by atoms with Crippen LogP contribution in [0.4, 0.5) is 15.8 Å². The number of carbonyl (C=O) groups excluding carboxylic acids is 2. The van der Waals surface area contributed by atoms with Crippen LogP contribution < -0.4 is 31.3 Å². The lowest BCUT2D eigenvalue weighted by atomic mass is 9.44. The molecule has 10 heteroatoms. The lowest BCUT2D eigenvalue weighted by Gasteiger charge is -2.70. The fourth-order valence-electron chi connectivity index (χ4n) is 4.69.